The van der Waals surface area contributed by atoms with Gasteiger partial charge in [-0.15, -0.1) is 0 Å². The lowest BCUT2D eigenvalue weighted by molar-refractivity contribution is 0.166. The van der Waals surface area contributed by atoms with Crippen LogP contribution in [-0.2, 0) is 6.54 Å². The summed E-state index contributed by atoms with van der Waals surface area (Å²) >= 11 is 0. The number of aryl methyl sites for hydroxylation is 1. The zero-order chi connectivity index (χ0) is 11.5. The molecule has 0 radical (unpaired) electrons. The Morgan fingerprint density at radius 2 is 2.44 bits per heavy atom. The summed E-state index contributed by atoms with van der Waals surface area (Å²) in [5.74, 6) is 1.68. The van der Waals surface area contributed by atoms with Crippen molar-refractivity contribution in [2.75, 3.05) is 13.6 Å². The van der Waals surface area contributed by atoms with Crippen molar-refractivity contribution in [1.82, 2.24) is 15.2 Å². The van der Waals surface area contributed by atoms with E-state index in [-0.39, 0.29) is 0 Å². The molecule has 90 valence electrons. The first kappa shape index (κ1) is 11.6. The Labute approximate surface area is 97.0 Å². The molecular weight excluding hydrogens is 202 g/mol. The standard InChI is InChI=1S/C12H21N3O/c1-9-6-11(4-5-15(9)3)13-8-12-14-7-10(2)16-12/h7,9,11,13H,4-6,8H2,1-3H3. The van der Waals surface area contributed by atoms with E-state index in [0.29, 0.717) is 12.1 Å². The molecule has 0 aromatic carbocycles. The molecule has 2 rings (SSSR count). The molecule has 1 N–H and O–H groups in total. The molecule has 0 bridgehead atoms. The van der Waals surface area contributed by atoms with Crippen LogP contribution in [0.3, 0.4) is 0 Å². The van der Waals surface area contributed by atoms with Crippen LogP contribution in [0.15, 0.2) is 10.6 Å². The van der Waals surface area contributed by atoms with E-state index in [0.717, 1.165) is 18.2 Å². The van der Waals surface area contributed by atoms with Gasteiger partial charge in [-0.25, -0.2) is 4.98 Å². The molecule has 16 heavy (non-hydrogen) atoms. The third kappa shape index (κ3) is 2.83. The van der Waals surface area contributed by atoms with Crippen LogP contribution in [0.1, 0.15) is 31.4 Å². The maximum atomic E-state index is 5.44. The van der Waals surface area contributed by atoms with Crippen molar-refractivity contribution in [3.63, 3.8) is 0 Å². The van der Waals surface area contributed by atoms with Gasteiger partial charge in [-0.3, -0.25) is 0 Å². The van der Waals surface area contributed by atoms with Crippen LogP contribution >= 0.6 is 0 Å². The Morgan fingerprint density at radius 3 is 3.06 bits per heavy atom. The van der Waals surface area contributed by atoms with E-state index in [2.05, 4.69) is 29.2 Å². The number of piperidine rings is 1. The molecule has 4 heteroatoms. The zero-order valence-electron chi connectivity index (χ0n) is 10.4. The molecule has 0 amide bonds. The van der Waals surface area contributed by atoms with Crippen molar-refractivity contribution in [2.24, 2.45) is 0 Å². The molecule has 2 heterocycles. The number of oxazole rings is 1. The minimum Gasteiger partial charge on any atom is -0.445 e. The molecular formula is C12H21N3O. The molecule has 4 nitrogen and oxygen atoms in total. The van der Waals surface area contributed by atoms with Crippen LogP contribution in [0.5, 0.6) is 0 Å². The van der Waals surface area contributed by atoms with Gasteiger partial charge in [-0.1, -0.05) is 0 Å². The van der Waals surface area contributed by atoms with E-state index in [9.17, 15) is 0 Å². The van der Waals surface area contributed by atoms with Crippen LogP contribution < -0.4 is 5.32 Å². The van der Waals surface area contributed by atoms with Crippen molar-refractivity contribution < 1.29 is 4.42 Å². The molecule has 1 aromatic heterocycles. The summed E-state index contributed by atoms with van der Waals surface area (Å²) in [6.07, 6.45) is 4.19. The van der Waals surface area contributed by atoms with Gasteiger partial charge in [-0.2, -0.15) is 0 Å². The van der Waals surface area contributed by atoms with Crippen LogP contribution in [-0.4, -0.2) is 35.6 Å². The minimum atomic E-state index is 0.596. The summed E-state index contributed by atoms with van der Waals surface area (Å²) in [6, 6.07) is 1.26. The topological polar surface area (TPSA) is 41.3 Å². The summed E-state index contributed by atoms with van der Waals surface area (Å²) in [5, 5.41) is 3.52. The summed E-state index contributed by atoms with van der Waals surface area (Å²) < 4.78 is 5.44. The number of rotatable bonds is 3. The van der Waals surface area contributed by atoms with Gasteiger partial charge in [0.25, 0.3) is 0 Å². The van der Waals surface area contributed by atoms with E-state index in [1.165, 1.54) is 19.4 Å². The van der Waals surface area contributed by atoms with E-state index in [4.69, 9.17) is 4.42 Å². The van der Waals surface area contributed by atoms with Crippen LogP contribution in [0, 0.1) is 6.92 Å². The zero-order valence-corrected chi connectivity index (χ0v) is 10.4. The Morgan fingerprint density at radius 1 is 1.62 bits per heavy atom. The van der Waals surface area contributed by atoms with Crippen molar-refractivity contribution in [2.45, 2.75) is 45.3 Å². The van der Waals surface area contributed by atoms with Gasteiger partial charge in [-0.05, 0) is 40.3 Å². The van der Waals surface area contributed by atoms with Gasteiger partial charge in [0.1, 0.15) is 5.76 Å². The van der Waals surface area contributed by atoms with Gasteiger partial charge in [0.05, 0.1) is 12.7 Å². The first-order valence-electron chi connectivity index (χ1n) is 6.00. The number of likely N-dealkylation sites (tertiary alicyclic amines) is 1. The molecule has 0 saturated carbocycles. The Bertz CT molecular complexity index is 337. The number of nitrogens with zero attached hydrogens (tertiary/aromatic N) is 2. The second-order valence-electron chi connectivity index (χ2n) is 4.80. The first-order valence-corrected chi connectivity index (χ1v) is 6.00. The largest absolute Gasteiger partial charge is 0.445 e. The third-order valence-corrected chi connectivity index (χ3v) is 3.42. The Kier molecular flexibility index (Phi) is 3.61. The number of nitrogens with one attached hydrogen (secondary N) is 1. The normalized spacial score (nSPS) is 27.2. The van der Waals surface area contributed by atoms with Gasteiger partial charge < -0.3 is 14.6 Å². The van der Waals surface area contributed by atoms with E-state index in [1.54, 1.807) is 6.20 Å². The maximum absolute atomic E-state index is 5.44. The quantitative estimate of drug-likeness (QED) is 0.844. The first-order chi connectivity index (χ1) is 7.65. The van der Waals surface area contributed by atoms with Crippen molar-refractivity contribution >= 4 is 0 Å². The van der Waals surface area contributed by atoms with E-state index >= 15 is 0 Å². The molecule has 2 unspecified atom stereocenters. The van der Waals surface area contributed by atoms with Crippen LogP contribution in [0.4, 0.5) is 0 Å². The van der Waals surface area contributed by atoms with Gasteiger partial charge in [0, 0.05) is 12.1 Å². The monoisotopic (exact) mass is 223 g/mol. The molecule has 1 saturated heterocycles. The lowest BCUT2D eigenvalue weighted by Crippen LogP contribution is -2.45. The fraction of sp³-hybridized carbons (Fsp3) is 0.750. The molecule has 2 atom stereocenters. The summed E-state index contributed by atoms with van der Waals surface area (Å²) in [4.78, 5) is 6.60. The fourth-order valence-corrected chi connectivity index (χ4v) is 2.19. The van der Waals surface area contributed by atoms with Crippen molar-refractivity contribution in [1.29, 1.82) is 0 Å². The third-order valence-electron chi connectivity index (χ3n) is 3.42. The second-order valence-corrected chi connectivity index (χ2v) is 4.80. The fourth-order valence-electron chi connectivity index (χ4n) is 2.19. The average Bonchev–Trinajstić information content (AvgIpc) is 2.66. The van der Waals surface area contributed by atoms with Gasteiger partial charge in [0.15, 0.2) is 0 Å². The van der Waals surface area contributed by atoms with Gasteiger partial charge >= 0.3 is 0 Å². The number of hydrogen-bond acceptors (Lipinski definition) is 4. The smallest absolute Gasteiger partial charge is 0.208 e. The second kappa shape index (κ2) is 4.97. The lowest BCUT2D eigenvalue weighted by Gasteiger charge is -2.35. The SMILES string of the molecule is Cc1cnc(CNC2CCN(C)C(C)C2)o1. The van der Waals surface area contributed by atoms with E-state index in [1.807, 2.05) is 6.92 Å². The highest BCUT2D eigenvalue weighted by molar-refractivity contribution is 4.91. The average molecular weight is 223 g/mol. The highest BCUT2D eigenvalue weighted by atomic mass is 16.4. The van der Waals surface area contributed by atoms with E-state index < -0.39 is 0 Å². The number of aromatic nitrogens is 1. The maximum Gasteiger partial charge on any atom is 0.208 e. The van der Waals surface area contributed by atoms with Gasteiger partial charge in [0.2, 0.25) is 5.89 Å². The molecule has 1 fully saturated rings. The van der Waals surface area contributed by atoms with Crippen LogP contribution in [0.2, 0.25) is 0 Å². The summed E-state index contributed by atoms with van der Waals surface area (Å²) in [5.41, 5.74) is 0. The minimum absolute atomic E-state index is 0.596. The lowest BCUT2D eigenvalue weighted by atomic mass is 9.99. The molecule has 1 aromatic rings. The molecule has 0 aliphatic carbocycles. The molecule has 1 aliphatic heterocycles. The highest BCUT2D eigenvalue weighted by Crippen LogP contribution is 2.15. The molecule has 0 spiro atoms. The van der Waals surface area contributed by atoms with Crippen molar-refractivity contribution in [3.8, 4) is 0 Å². The van der Waals surface area contributed by atoms with Crippen LogP contribution in [0.25, 0.3) is 0 Å². The van der Waals surface area contributed by atoms with Crippen molar-refractivity contribution in [3.05, 3.63) is 17.8 Å². The molecule has 1 aliphatic rings. The Balaban J connectivity index is 1.78. The summed E-state index contributed by atoms with van der Waals surface area (Å²) in [6.45, 7) is 6.12. The Hall–Kier alpha value is -0.870. The number of hydrogen-bond donors (Lipinski definition) is 1. The predicted molar refractivity (Wildman–Crippen MR) is 63.2 cm³/mol. The summed E-state index contributed by atoms with van der Waals surface area (Å²) in [7, 11) is 2.19. The predicted octanol–water partition coefficient (Wildman–Crippen LogP) is 1.56. The highest BCUT2D eigenvalue weighted by Gasteiger charge is 2.22.